The molecule has 0 N–H and O–H groups in total. The van der Waals surface area contributed by atoms with Crippen LogP contribution < -0.4 is 14.4 Å². The summed E-state index contributed by atoms with van der Waals surface area (Å²) in [5.74, 6) is 2.22. The van der Waals surface area contributed by atoms with Crippen molar-refractivity contribution in [3.8, 4) is 11.5 Å². The number of benzene rings is 1. The monoisotopic (exact) mass is 418 g/mol. The van der Waals surface area contributed by atoms with Gasteiger partial charge in [-0.2, -0.15) is 4.31 Å². The molecule has 1 aromatic carbocycles. The second-order valence-corrected chi connectivity index (χ2v) is 9.33. The molecule has 8 nitrogen and oxygen atoms in total. The second kappa shape index (κ2) is 8.17. The zero-order valence-electron chi connectivity index (χ0n) is 16.7. The van der Waals surface area contributed by atoms with Crippen molar-refractivity contribution < 1.29 is 17.9 Å². The topological polar surface area (TPSA) is 75.2 Å². The third-order valence-corrected chi connectivity index (χ3v) is 7.12. The Morgan fingerprint density at radius 2 is 1.76 bits per heavy atom. The lowest BCUT2D eigenvalue weighted by molar-refractivity contribution is 0.171. The number of sulfonamides is 1. The van der Waals surface area contributed by atoms with Gasteiger partial charge in [-0.3, -0.25) is 0 Å². The van der Waals surface area contributed by atoms with Crippen molar-refractivity contribution >= 4 is 15.8 Å². The van der Waals surface area contributed by atoms with E-state index in [0.29, 0.717) is 38.7 Å². The molecule has 1 fully saturated rings. The minimum atomic E-state index is -3.50. The van der Waals surface area contributed by atoms with Crippen LogP contribution in [0.15, 0.2) is 41.4 Å². The van der Waals surface area contributed by atoms with Crippen LogP contribution >= 0.6 is 0 Å². The number of aromatic nitrogens is 1. The highest BCUT2D eigenvalue weighted by Crippen LogP contribution is 2.31. The van der Waals surface area contributed by atoms with Gasteiger partial charge in [0.05, 0.1) is 0 Å². The van der Waals surface area contributed by atoms with Gasteiger partial charge < -0.3 is 19.3 Å². The van der Waals surface area contributed by atoms with Crippen LogP contribution in [0.5, 0.6) is 11.5 Å². The summed E-state index contributed by atoms with van der Waals surface area (Å²) in [6.07, 6.45) is 1.45. The van der Waals surface area contributed by atoms with E-state index in [2.05, 4.69) is 9.88 Å². The van der Waals surface area contributed by atoms with E-state index in [1.165, 1.54) is 10.5 Å². The Morgan fingerprint density at radius 3 is 2.45 bits per heavy atom. The minimum absolute atomic E-state index is 0.235. The molecule has 29 heavy (non-hydrogen) atoms. The van der Waals surface area contributed by atoms with E-state index in [0.717, 1.165) is 30.2 Å². The first-order valence-corrected chi connectivity index (χ1v) is 11.1. The highest BCUT2D eigenvalue weighted by molar-refractivity contribution is 7.89. The van der Waals surface area contributed by atoms with Crippen LogP contribution in [-0.2, 0) is 16.6 Å². The van der Waals surface area contributed by atoms with Crippen molar-refractivity contribution in [3.63, 3.8) is 0 Å². The summed E-state index contributed by atoms with van der Waals surface area (Å²) in [6.45, 7) is 4.23. The highest BCUT2D eigenvalue weighted by Gasteiger charge is 2.27. The average molecular weight is 419 g/mol. The molecule has 2 aliphatic rings. The van der Waals surface area contributed by atoms with E-state index < -0.39 is 10.0 Å². The van der Waals surface area contributed by atoms with Gasteiger partial charge in [0.1, 0.15) is 23.9 Å². The maximum atomic E-state index is 12.8. The predicted molar refractivity (Wildman–Crippen MR) is 110 cm³/mol. The summed E-state index contributed by atoms with van der Waals surface area (Å²) in [7, 11) is 0.420. The lowest BCUT2D eigenvalue weighted by atomic mass is 10.2. The molecule has 0 saturated carbocycles. The summed E-state index contributed by atoms with van der Waals surface area (Å²) in [5.41, 5.74) is 1.06. The molecular formula is C20H26N4O4S. The number of likely N-dealkylation sites (N-methyl/N-ethyl adjacent to an activating group) is 1. The minimum Gasteiger partial charge on any atom is -0.486 e. The van der Waals surface area contributed by atoms with Gasteiger partial charge in [-0.05, 0) is 36.9 Å². The van der Waals surface area contributed by atoms with E-state index in [-0.39, 0.29) is 4.90 Å². The lowest BCUT2D eigenvalue weighted by Crippen LogP contribution is -2.47. The molecule has 156 valence electrons. The molecule has 0 radical (unpaired) electrons. The molecule has 9 heteroatoms. The SMILES string of the molecule is CN1CCN(S(=O)(=O)c2ccc(N(C)Cc3ccc4c(c3)OCCO4)nc2)CC1. The Balaban J connectivity index is 1.44. The van der Waals surface area contributed by atoms with Gasteiger partial charge in [0.15, 0.2) is 11.5 Å². The Kier molecular flexibility index (Phi) is 5.62. The largest absolute Gasteiger partial charge is 0.486 e. The normalized spacial score (nSPS) is 17.9. The van der Waals surface area contributed by atoms with Crippen molar-refractivity contribution in [1.29, 1.82) is 0 Å². The van der Waals surface area contributed by atoms with Gasteiger partial charge in [0.2, 0.25) is 10.0 Å². The zero-order valence-corrected chi connectivity index (χ0v) is 17.6. The highest BCUT2D eigenvalue weighted by atomic mass is 32.2. The summed E-state index contributed by atoms with van der Waals surface area (Å²) in [4.78, 5) is 8.72. The molecule has 1 saturated heterocycles. The average Bonchev–Trinajstić information content (AvgIpc) is 2.74. The third-order valence-electron chi connectivity index (χ3n) is 5.24. The van der Waals surface area contributed by atoms with Crippen LogP contribution in [0.1, 0.15) is 5.56 Å². The van der Waals surface area contributed by atoms with E-state index in [9.17, 15) is 8.42 Å². The van der Waals surface area contributed by atoms with E-state index in [1.54, 1.807) is 12.1 Å². The van der Waals surface area contributed by atoms with Gasteiger partial charge >= 0.3 is 0 Å². The van der Waals surface area contributed by atoms with E-state index in [4.69, 9.17) is 9.47 Å². The molecule has 0 atom stereocenters. The third kappa shape index (κ3) is 4.31. The first-order chi connectivity index (χ1) is 13.9. The van der Waals surface area contributed by atoms with Crippen molar-refractivity contribution in [2.24, 2.45) is 0 Å². The quantitative estimate of drug-likeness (QED) is 0.727. The fourth-order valence-corrected chi connectivity index (χ4v) is 4.84. The number of hydrogen-bond donors (Lipinski definition) is 0. The van der Waals surface area contributed by atoms with Gasteiger partial charge in [-0.1, -0.05) is 6.07 Å². The fourth-order valence-electron chi connectivity index (χ4n) is 3.47. The molecule has 4 rings (SSSR count). The van der Waals surface area contributed by atoms with Gasteiger partial charge in [-0.25, -0.2) is 13.4 Å². The van der Waals surface area contributed by atoms with E-state index >= 15 is 0 Å². The van der Waals surface area contributed by atoms with Crippen molar-refractivity contribution in [2.45, 2.75) is 11.4 Å². The number of pyridine rings is 1. The van der Waals surface area contributed by atoms with Crippen LogP contribution in [0.4, 0.5) is 5.82 Å². The van der Waals surface area contributed by atoms with Crippen LogP contribution in [0, 0.1) is 0 Å². The molecule has 1 aromatic heterocycles. The van der Waals surface area contributed by atoms with Crippen LogP contribution in [0.3, 0.4) is 0 Å². The maximum Gasteiger partial charge on any atom is 0.244 e. The number of anilines is 1. The number of nitrogens with zero attached hydrogens (tertiary/aromatic N) is 4. The number of piperazine rings is 1. The summed E-state index contributed by atoms with van der Waals surface area (Å²) < 4.78 is 38.4. The Hall–Kier alpha value is -2.36. The Labute approximate surface area is 171 Å². The molecular weight excluding hydrogens is 392 g/mol. The number of ether oxygens (including phenoxy) is 2. The molecule has 3 heterocycles. The molecule has 0 bridgehead atoms. The second-order valence-electron chi connectivity index (χ2n) is 7.39. The molecule has 0 unspecified atom stereocenters. The van der Waals surface area contributed by atoms with Crippen LogP contribution in [0.25, 0.3) is 0 Å². The number of fused-ring (bicyclic) bond motifs is 1. The standard InChI is InChI=1S/C20H26N4O4S/c1-22-7-9-24(10-8-22)29(25,26)17-4-6-20(21-14-17)23(2)15-16-3-5-18-19(13-16)28-12-11-27-18/h3-6,13-14H,7-12,15H2,1-2H3. The number of hydrogen-bond acceptors (Lipinski definition) is 7. The van der Waals surface area contributed by atoms with Crippen LogP contribution in [-0.4, -0.2) is 76.1 Å². The van der Waals surface area contributed by atoms with Gasteiger partial charge in [0, 0.05) is 46.0 Å². The molecule has 2 aliphatic heterocycles. The first kappa shape index (κ1) is 19.9. The first-order valence-electron chi connectivity index (χ1n) is 9.68. The Morgan fingerprint density at radius 1 is 1.03 bits per heavy atom. The molecule has 0 spiro atoms. The summed E-state index contributed by atoms with van der Waals surface area (Å²) in [6, 6.07) is 9.27. The molecule has 0 aliphatic carbocycles. The predicted octanol–water partition coefficient (Wildman–Crippen LogP) is 1.43. The number of rotatable bonds is 5. The van der Waals surface area contributed by atoms with Crippen molar-refractivity contribution in [3.05, 3.63) is 42.1 Å². The zero-order chi connectivity index (χ0) is 20.4. The maximum absolute atomic E-state index is 12.8. The molecule has 0 amide bonds. The lowest BCUT2D eigenvalue weighted by Gasteiger charge is -2.31. The van der Waals surface area contributed by atoms with E-state index in [1.807, 2.05) is 37.2 Å². The molecule has 2 aromatic rings. The van der Waals surface area contributed by atoms with Crippen molar-refractivity contribution in [1.82, 2.24) is 14.2 Å². The van der Waals surface area contributed by atoms with Gasteiger partial charge in [0.25, 0.3) is 0 Å². The Bertz CT molecular complexity index is 957. The fraction of sp³-hybridized carbons (Fsp3) is 0.450. The van der Waals surface area contributed by atoms with Gasteiger partial charge in [-0.15, -0.1) is 0 Å². The smallest absolute Gasteiger partial charge is 0.244 e. The van der Waals surface area contributed by atoms with Crippen molar-refractivity contribution in [2.75, 3.05) is 58.4 Å². The van der Waals surface area contributed by atoms with Crippen LogP contribution in [0.2, 0.25) is 0 Å². The summed E-state index contributed by atoms with van der Waals surface area (Å²) in [5, 5.41) is 0. The summed E-state index contributed by atoms with van der Waals surface area (Å²) >= 11 is 0.